The first-order chi connectivity index (χ1) is 9.99. The normalized spacial score (nSPS) is 19.8. The number of halogens is 1. The molecule has 1 fully saturated rings. The summed E-state index contributed by atoms with van der Waals surface area (Å²) < 4.78 is 24.6. The molecule has 1 aliphatic rings. The Hall–Kier alpha value is -0.500. The molecule has 118 valence electrons. The minimum absolute atomic E-state index is 0.129. The maximum atomic E-state index is 12.3. The monoisotopic (exact) mass is 349 g/mol. The number of hydrogen-bond acceptors (Lipinski definition) is 6. The van der Waals surface area contributed by atoms with Crippen molar-refractivity contribution in [2.45, 2.75) is 18.8 Å². The van der Waals surface area contributed by atoms with E-state index in [4.69, 9.17) is 11.6 Å². The molecule has 21 heavy (non-hydrogen) atoms. The molecule has 1 aromatic heterocycles. The minimum Gasteiger partial charge on any atom is -0.337 e. The van der Waals surface area contributed by atoms with Crippen LogP contribution in [0.5, 0.6) is 0 Å². The molecule has 1 unspecified atom stereocenters. The van der Waals surface area contributed by atoms with Crippen LogP contribution in [-0.2, 0) is 16.4 Å². The summed E-state index contributed by atoms with van der Waals surface area (Å²) in [6, 6.07) is 1.85. The van der Waals surface area contributed by atoms with Gasteiger partial charge >= 0.3 is 0 Å². The highest BCUT2D eigenvalue weighted by atomic mass is 35.5. The fraction of sp³-hybridized carbons (Fsp3) is 0.615. The third-order valence-electron chi connectivity index (χ3n) is 3.43. The number of nitrogens with one attached hydrogen (secondary N) is 1. The van der Waals surface area contributed by atoms with E-state index < -0.39 is 15.2 Å². The van der Waals surface area contributed by atoms with E-state index in [2.05, 4.69) is 10.3 Å². The van der Waals surface area contributed by atoms with E-state index in [1.807, 2.05) is 18.0 Å². The largest absolute Gasteiger partial charge is 0.337 e. The Bertz CT molecular complexity index is 595. The SMILES string of the molecule is CCS(=O)(=O)C1CSCCN1c1ncc(CNC)cc1Cl. The highest BCUT2D eigenvalue weighted by Gasteiger charge is 2.34. The summed E-state index contributed by atoms with van der Waals surface area (Å²) in [7, 11) is -1.31. The molecule has 0 amide bonds. The molecule has 0 spiro atoms. The molecule has 1 saturated heterocycles. The van der Waals surface area contributed by atoms with Crippen molar-refractivity contribution in [2.24, 2.45) is 0 Å². The third-order valence-corrected chi connectivity index (χ3v) is 7.00. The number of anilines is 1. The Labute approximate surface area is 135 Å². The minimum atomic E-state index is -3.16. The molecule has 1 aromatic rings. The number of aromatic nitrogens is 1. The fourth-order valence-corrected chi connectivity index (χ4v) is 5.56. The molecular formula is C13H20ClN3O2S2. The standard InChI is InChI=1S/C13H20ClN3O2S2/c1-3-21(18,19)12-9-20-5-4-17(12)13-11(14)6-10(7-15-2)8-16-13/h6,8,12,15H,3-5,7,9H2,1-2H3. The predicted molar refractivity (Wildman–Crippen MR) is 89.9 cm³/mol. The van der Waals surface area contributed by atoms with E-state index in [0.717, 1.165) is 11.3 Å². The Morgan fingerprint density at radius 2 is 2.33 bits per heavy atom. The molecule has 0 bridgehead atoms. The fourth-order valence-electron chi connectivity index (χ4n) is 2.30. The quantitative estimate of drug-likeness (QED) is 0.874. The van der Waals surface area contributed by atoms with Crippen molar-refractivity contribution in [2.75, 3.05) is 35.8 Å². The Morgan fingerprint density at radius 3 is 2.95 bits per heavy atom. The van der Waals surface area contributed by atoms with Gasteiger partial charge in [0.25, 0.3) is 0 Å². The van der Waals surface area contributed by atoms with Crippen LogP contribution in [0.15, 0.2) is 12.3 Å². The van der Waals surface area contributed by atoms with Crippen LogP contribution in [0, 0.1) is 0 Å². The maximum absolute atomic E-state index is 12.3. The summed E-state index contributed by atoms with van der Waals surface area (Å²) >= 11 is 7.98. The number of nitrogens with zero attached hydrogens (tertiary/aromatic N) is 2. The van der Waals surface area contributed by atoms with Crippen LogP contribution >= 0.6 is 23.4 Å². The van der Waals surface area contributed by atoms with Crippen molar-refractivity contribution in [1.82, 2.24) is 10.3 Å². The Balaban J connectivity index is 2.34. The van der Waals surface area contributed by atoms with Crippen molar-refractivity contribution in [1.29, 1.82) is 0 Å². The van der Waals surface area contributed by atoms with Crippen molar-refractivity contribution in [3.63, 3.8) is 0 Å². The molecule has 0 radical (unpaired) electrons. The van der Waals surface area contributed by atoms with Gasteiger partial charge in [0, 0.05) is 36.5 Å². The van der Waals surface area contributed by atoms with Gasteiger partial charge in [-0.05, 0) is 18.7 Å². The molecule has 8 heteroatoms. The molecule has 5 nitrogen and oxygen atoms in total. The number of sulfone groups is 1. The van der Waals surface area contributed by atoms with Crippen molar-refractivity contribution < 1.29 is 8.42 Å². The van der Waals surface area contributed by atoms with Gasteiger partial charge in [0.15, 0.2) is 9.84 Å². The summed E-state index contributed by atoms with van der Waals surface area (Å²) in [5, 5.41) is 3.01. The maximum Gasteiger partial charge on any atom is 0.171 e. The highest BCUT2D eigenvalue weighted by molar-refractivity contribution is 8.01. The first-order valence-corrected chi connectivity index (χ1v) is 10.1. The van der Waals surface area contributed by atoms with E-state index in [0.29, 0.717) is 29.7 Å². The van der Waals surface area contributed by atoms with Gasteiger partial charge < -0.3 is 10.2 Å². The number of hydrogen-bond donors (Lipinski definition) is 1. The zero-order valence-corrected chi connectivity index (χ0v) is 14.6. The second-order valence-electron chi connectivity index (χ2n) is 4.85. The third kappa shape index (κ3) is 3.83. The van der Waals surface area contributed by atoms with Crippen LogP contribution in [0.4, 0.5) is 5.82 Å². The van der Waals surface area contributed by atoms with Gasteiger partial charge in [-0.1, -0.05) is 18.5 Å². The number of pyridine rings is 1. The Morgan fingerprint density at radius 1 is 1.57 bits per heavy atom. The first-order valence-electron chi connectivity index (χ1n) is 6.84. The van der Waals surface area contributed by atoms with E-state index in [-0.39, 0.29) is 5.75 Å². The molecule has 0 aromatic carbocycles. The molecule has 0 saturated carbocycles. The van der Waals surface area contributed by atoms with Gasteiger partial charge in [-0.3, -0.25) is 0 Å². The van der Waals surface area contributed by atoms with Crippen LogP contribution in [-0.4, -0.2) is 49.6 Å². The van der Waals surface area contributed by atoms with Crippen LogP contribution in [0.2, 0.25) is 5.02 Å². The van der Waals surface area contributed by atoms with Crippen LogP contribution in [0.3, 0.4) is 0 Å². The lowest BCUT2D eigenvalue weighted by molar-refractivity contribution is 0.579. The van der Waals surface area contributed by atoms with Crippen LogP contribution in [0.25, 0.3) is 0 Å². The van der Waals surface area contributed by atoms with E-state index >= 15 is 0 Å². The zero-order valence-electron chi connectivity index (χ0n) is 12.2. The topological polar surface area (TPSA) is 62.3 Å². The second kappa shape index (κ2) is 7.17. The van der Waals surface area contributed by atoms with Crippen molar-refractivity contribution >= 4 is 39.0 Å². The predicted octanol–water partition coefficient (Wildman–Crippen LogP) is 1.77. The molecular weight excluding hydrogens is 330 g/mol. The lowest BCUT2D eigenvalue weighted by atomic mass is 10.2. The van der Waals surface area contributed by atoms with Gasteiger partial charge in [0.2, 0.25) is 0 Å². The second-order valence-corrected chi connectivity index (χ2v) is 8.86. The molecule has 1 aliphatic heterocycles. The van der Waals surface area contributed by atoms with Gasteiger partial charge in [-0.2, -0.15) is 11.8 Å². The van der Waals surface area contributed by atoms with Crippen molar-refractivity contribution in [3.05, 3.63) is 22.8 Å². The molecule has 1 N–H and O–H groups in total. The summed E-state index contributed by atoms with van der Waals surface area (Å²) in [5.41, 5.74) is 0.979. The van der Waals surface area contributed by atoms with Crippen LogP contribution < -0.4 is 10.2 Å². The highest BCUT2D eigenvalue weighted by Crippen LogP contribution is 2.31. The first kappa shape index (κ1) is 16.9. The Kier molecular flexibility index (Phi) is 5.76. The van der Waals surface area contributed by atoms with Gasteiger partial charge in [0.05, 0.1) is 5.02 Å². The van der Waals surface area contributed by atoms with E-state index in [1.54, 1.807) is 24.9 Å². The van der Waals surface area contributed by atoms with Gasteiger partial charge in [-0.15, -0.1) is 0 Å². The summed E-state index contributed by atoms with van der Waals surface area (Å²) in [4.78, 5) is 6.23. The van der Waals surface area contributed by atoms with Gasteiger partial charge in [0.1, 0.15) is 11.2 Å². The van der Waals surface area contributed by atoms with E-state index in [9.17, 15) is 8.42 Å². The van der Waals surface area contributed by atoms with Crippen LogP contribution in [0.1, 0.15) is 12.5 Å². The average molecular weight is 350 g/mol. The summed E-state index contributed by atoms with van der Waals surface area (Å²) in [5.74, 6) is 2.14. The smallest absolute Gasteiger partial charge is 0.171 e. The zero-order chi connectivity index (χ0) is 15.5. The summed E-state index contributed by atoms with van der Waals surface area (Å²) in [6.07, 6.45) is 1.75. The number of thioether (sulfide) groups is 1. The lowest BCUT2D eigenvalue weighted by Gasteiger charge is -2.36. The molecule has 1 atom stereocenters. The van der Waals surface area contributed by atoms with E-state index in [1.165, 1.54) is 0 Å². The lowest BCUT2D eigenvalue weighted by Crippen LogP contribution is -2.48. The summed E-state index contributed by atoms with van der Waals surface area (Å²) in [6.45, 7) is 3.00. The molecule has 2 heterocycles. The number of rotatable bonds is 5. The average Bonchev–Trinajstić information content (AvgIpc) is 2.48. The molecule has 0 aliphatic carbocycles. The molecule has 2 rings (SSSR count). The van der Waals surface area contributed by atoms with Gasteiger partial charge in [-0.25, -0.2) is 13.4 Å². The van der Waals surface area contributed by atoms with Crippen molar-refractivity contribution in [3.8, 4) is 0 Å².